The van der Waals surface area contributed by atoms with Crippen LogP contribution in [-0.4, -0.2) is 138 Å². The summed E-state index contributed by atoms with van der Waals surface area (Å²) in [6.07, 6.45) is 12.3. The van der Waals surface area contributed by atoms with E-state index >= 15 is 8.78 Å². The number of Topliss-reactive ketones (excluding diaryl/α,β-unsaturated/α-hetero) is 2. The lowest BCUT2D eigenvalue weighted by Gasteiger charge is -2.41. The minimum atomic E-state index is -1.14. The number of carboxylic acid groups (broad SMARTS) is 2. The smallest absolute Gasteiger partial charge is 0.307 e. The third-order valence-electron chi connectivity index (χ3n) is 18.3. The second kappa shape index (κ2) is 44.3. The van der Waals surface area contributed by atoms with Gasteiger partial charge in [0.15, 0.2) is 11.6 Å². The maximum Gasteiger partial charge on any atom is 0.307 e. The molecule has 0 saturated carbocycles. The Hall–Kier alpha value is -8.06. The normalized spacial score (nSPS) is 13.3. The fraction of sp³-hybridized carbons (Fsp3) is 0.512. The Kier molecular flexibility index (Phi) is 37.0. The molecule has 0 fully saturated rings. The van der Waals surface area contributed by atoms with E-state index in [4.69, 9.17) is 11.5 Å². The van der Waals surface area contributed by atoms with Crippen LogP contribution >= 0.6 is 23.5 Å². The van der Waals surface area contributed by atoms with Crippen LogP contribution in [-0.2, 0) is 51.4 Å². The summed E-state index contributed by atoms with van der Waals surface area (Å²) in [6.45, 7) is 21.0. The van der Waals surface area contributed by atoms with Crippen molar-refractivity contribution in [2.24, 2.45) is 34.1 Å². The molecule has 0 spiro atoms. The van der Waals surface area contributed by atoms with E-state index in [1.54, 1.807) is 22.2 Å². The van der Waals surface area contributed by atoms with Gasteiger partial charge in [0.25, 0.3) is 0 Å². The molecule has 2 aromatic heterocycles. The van der Waals surface area contributed by atoms with Crippen molar-refractivity contribution in [3.05, 3.63) is 167 Å². The van der Waals surface area contributed by atoms with Crippen molar-refractivity contribution in [3.8, 4) is 22.3 Å². The second-order valence-corrected chi connectivity index (χ2v) is 31.5. The number of hydrogen-bond acceptors (Lipinski definition) is 12. The molecule has 8 N–H and O–H groups in total. The molecule has 0 saturated heterocycles. The Morgan fingerprint density at radius 2 is 0.858 bits per heavy atom. The average molecular weight is 1510 g/mol. The number of carboxylic acids is 2. The van der Waals surface area contributed by atoms with E-state index in [0.29, 0.717) is 76.1 Å². The Morgan fingerprint density at radius 3 is 1.17 bits per heavy atom. The zero-order valence-electron chi connectivity index (χ0n) is 63.4. The van der Waals surface area contributed by atoms with E-state index < -0.39 is 82.0 Å². The van der Waals surface area contributed by atoms with Gasteiger partial charge in [0.2, 0.25) is 23.6 Å². The van der Waals surface area contributed by atoms with E-state index in [0.717, 1.165) is 134 Å². The van der Waals surface area contributed by atoms with Gasteiger partial charge < -0.3 is 51.2 Å². The highest BCUT2D eigenvalue weighted by Crippen LogP contribution is 2.44. The molecule has 24 heteroatoms. The number of halogens is 4. The minimum absolute atomic E-state index is 0.0216. The first kappa shape index (κ1) is 88.6. The van der Waals surface area contributed by atoms with Gasteiger partial charge >= 0.3 is 11.9 Å². The molecule has 0 radical (unpaired) electrons. The number of nitrogens with one attached hydrogen (secondary N) is 2. The molecule has 0 unspecified atom stereocenters. The van der Waals surface area contributed by atoms with Crippen LogP contribution in [0.1, 0.15) is 194 Å². The first-order valence-electron chi connectivity index (χ1n) is 36.9. The second-order valence-electron chi connectivity index (χ2n) is 29.4. The lowest BCUT2D eigenvalue weighted by molar-refractivity contribution is -0.143. The van der Waals surface area contributed by atoms with Crippen molar-refractivity contribution in [2.45, 2.75) is 196 Å². The number of benzene rings is 4. The summed E-state index contributed by atoms with van der Waals surface area (Å²) in [5.74, 6) is -8.55. The highest BCUT2D eigenvalue weighted by molar-refractivity contribution is 8.00. The van der Waals surface area contributed by atoms with Gasteiger partial charge in [0, 0.05) is 110 Å². The summed E-state index contributed by atoms with van der Waals surface area (Å²) < 4.78 is 62.8. The maximum atomic E-state index is 15.1. The zero-order valence-corrected chi connectivity index (χ0v) is 65.0. The van der Waals surface area contributed by atoms with Gasteiger partial charge in [-0.05, 0) is 109 Å². The molecule has 0 aliphatic carbocycles. The van der Waals surface area contributed by atoms with Gasteiger partial charge in [0.1, 0.15) is 23.3 Å². The van der Waals surface area contributed by atoms with Crippen LogP contribution in [0, 0.1) is 45.9 Å². The Bertz CT molecular complexity index is 3560. The fourth-order valence-corrected chi connectivity index (χ4v) is 15.2. The maximum absolute atomic E-state index is 15.1. The van der Waals surface area contributed by atoms with Crippen LogP contribution in [0.2, 0.25) is 0 Å². The highest BCUT2D eigenvalue weighted by Gasteiger charge is 2.40. The molecule has 6 rings (SSSR count). The number of nitrogens with zero attached hydrogens (tertiary/aromatic N) is 4. The third-order valence-corrected chi connectivity index (χ3v) is 20.5. The Labute approximate surface area is 632 Å². The summed E-state index contributed by atoms with van der Waals surface area (Å²) in [6, 6.07) is 27.1. The lowest BCUT2D eigenvalue weighted by Crippen LogP contribution is -2.44. The molecule has 0 aliphatic heterocycles. The highest BCUT2D eigenvalue weighted by atomic mass is 32.2. The lowest BCUT2D eigenvalue weighted by atomic mass is 9.83. The number of thioether (sulfide) groups is 2. The van der Waals surface area contributed by atoms with Crippen LogP contribution < -0.4 is 22.1 Å². The zero-order chi connectivity index (χ0) is 78.3. The molecule has 4 aromatic carbocycles. The first-order chi connectivity index (χ1) is 50.3. The van der Waals surface area contributed by atoms with E-state index in [1.807, 2.05) is 123 Å². The van der Waals surface area contributed by atoms with Gasteiger partial charge in [-0.1, -0.05) is 167 Å². The molecular formula is C82H112F4N8O10S2. The Morgan fingerprint density at radius 1 is 0.500 bits per heavy atom. The van der Waals surface area contributed by atoms with E-state index in [2.05, 4.69) is 24.5 Å². The van der Waals surface area contributed by atoms with Crippen molar-refractivity contribution in [1.82, 2.24) is 29.6 Å². The topological polar surface area (TPSA) is 269 Å². The van der Waals surface area contributed by atoms with Crippen LogP contribution in [0.25, 0.3) is 22.3 Å². The number of carbonyl (C=O) groups excluding carboxylic acids is 6. The number of aromatic nitrogens is 2. The molecule has 4 amide bonds. The molecule has 580 valence electrons. The van der Waals surface area contributed by atoms with Crippen LogP contribution in [0.5, 0.6) is 0 Å². The van der Waals surface area contributed by atoms with E-state index in [-0.39, 0.29) is 82.2 Å². The largest absolute Gasteiger partial charge is 0.481 e. The summed E-state index contributed by atoms with van der Waals surface area (Å²) in [7, 11) is 0. The molecule has 6 atom stereocenters. The van der Waals surface area contributed by atoms with Gasteiger partial charge in [0.05, 0.1) is 47.5 Å². The molecular weight excluding hydrogens is 1400 g/mol. The SMILES string of the molecule is CCCCCC[C@H](NC(C)=O)C(=O)C[C@@H](CSCC(=O)N(CCCN)[C@@H](c1cc(-c2cc(F)ccc2F)cn1Cc1ccccc1)C(C)(C)C)C(=O)O.CCCCCC[C@H](NC(C)=O)C(=O)C[C@@H](CSCC(=O)N(CCCN)[C@@H](c1cc(-c2cc(F)ccc2F)cn1Cc1ccccc1)C(C)(C)C)C(=O)O. The standard InChI is InChI=1S/2C41H56F2N4O5S/c2*1-6-7-8-12-16-35(45-28(2)48)37(49)22-31(40(51)52)26-53-27-38(50)47(20-13-19-44)39(41(3,4)5)36-21-30(33-23-32(42)17-18-34(33)43)25-46(36)24-29-14-10-9-11-15-29/h2*9-11,14-15,17-18,21,23,25,31,35,39H,6-8,12-13,16,19-20,22,24,26-27,44H2,1-5H3,(H,45,48)(H,51,52)/t2*31-,35-,39-/m00/s1. The van der Waals surface area contributed by atoms with E-state index in [9.17, 15) is 57.4 Å². The van der Waals surface area contributed by atoms with Gasteiger partial charge in [-0.15, -0.1) is 0 Å². The van der Waals surface area contributed by atoms with Crippen molar-refractivity contribution < 1.29 is 66.1 Å². The van der Waals surface area contributed by atoms with Crippen molar-refractivity contribution in [3.63, 3.8) is 0 Å². The predicted molar refractivity (Wildman–Crippen MR) is 415 cm³/mol. The quantitative estimate of drug-likeness (QED) is 0.0153. The van der Waals surface area contributed by atoms with Crippen LogP contribution in [0.3, 0.4) is 0 Å². The Balaban J connectivity index is 0.000000381. The van der Waals surface area contributed by atoms with Crippen LogP contribution in [0.4, 0.5) is 17.6 Å². The van der Waals surface area contributed by atoms with Crippen LogP contribution in [0.15, 0.2) is 122 Å². The summed E-state index contributed by atoms with van der Waals surface area (Å²) >= 11 is 2.29. The molecule has 0 aliphatic rings. The number of rotatable bonds is 44. The average Bonchev–Trinajstić information content (AvgIpc) is 1.63. The summed E-state index contributed by atoms with van der Waals surface area (Å²) in [5, 5.41) is 25.4. The number of amides is 4. The molecule has 2 heterocycles. The summed E-state index contributed by atoms with van der Waals surface area (Å²) in [5.41, 5.74) is 15.4. The van der Waals surface area contributed by atoms with Gasteiger partial charge in [-0.25, -0.2) is 17.6 Å². The first-order valence-corrected chi connectivity index (χ1v) is 39.2. The number of carbonyl (C=O) groups is 8. The van der Waals surface area contributed by atoms with E-state index in [1.165, 1.54) is 13.8 Å². The van der Waals surface area contributed by atoms with Gasteiger partial charge in [-0.2, -0.15) is 23.5 Å². The number of hydrogen-bond donors (Lipinski definition) is 6. The van der Waals surface area contributed by atoms with Gasteiger partial charge in [-0.3, -0.25) is 38.4 Å². The number of nitrogens with two attached hydrogens (primary N) is 2. The molecule has 18 nitrogen and oxygen atoms in total. The third kappa shape index (κ3) is 28.6. The van der Waals surface area contributed by atoms with Crippen molar-refractivity contribution >= 4 is 70.7 Å². The van der Waals surface area contributed by atoms with Crippen molar-refractivity contribution in [2.75, 3.05) is 49.2 Å². The monoisotopic (exact) mass is 1510 g/mol. The number of aliphatic carboxylic acids is 2. The minimum Gasteiger partial charge on any atom is -0.481 e. The van der Waals surface area contributed by atoms with Crippen molar-refractivity contribution in [1.29, 1.82) is 0 Å². The number of ketones is 2. The fourth-order valence-electron chi connectivity index (χ4n) is 13.2. The summed E-state index contributed by atoms with van der Waals surface area (Å²) in [4.78, 5) is 107. The molecule has 106 heavy (non-hydrogen) atoms. The molecule has 6 aromatic rings. The number of unbranched alkanes of at least 4 members (excludes halogenated alkanes) is 6. The predicted octanol–water partition coefficient (Wildman–Crippen LogP) is 15.2. The molecule has 0 bridgehead atoms.